The zero-order valence-electron chi connectivity index (χ0n) is 16.3. The average molecular weight is 376 g/mol. The molecule has 0 aliphatic carbocycles. The normalized spacial score (nSPS) is 11.0. The molecular weight excluding hydrogens is 352 g/mol. The predicted molar refractivity (Wildman–Crippen MR) is 112 cm³/mol. The molecule has 5 nitrogen and oxygen atoms in total. The van der Waals surface area contributed by atoms with Crippen molar-refractivity contribution in [3.63, 3.8) is 0 Å². The van der Waals surface area contributed by atoms with Crippen LogP contribution in [0.25, 0.3) is 0 Å². The summed E-state index contributed by atoms with van der Waals surface area (Å²) in [6, 6.07) is 23.4. The summed E-state index contributed by atoms with van der Waals surface area (Å²) in [7, 11) is 3.25. The van der Waals surface area contributed by atoms with E-state index in [0.717, 1.165) is 28.3 Å². The molecule has 1 N–H and O–H groups in total. The SMILES string of the molecule is COc1ccc(CN/N=C(/C)c2ccc(Oc3ccccc3)cc2)cc1OC. The standard InChI is InChI=1S/C23H24N2O3/c1-17(25-24-16-18-9-14-22(26-2)23(15-18)27-3)19-10-12-21(13-11-19)28-20-7-5-4-6-8-20/h4-15,24H,16H2,1-3H3/b25-17-. The Kier molecular flexibility index (Phi) is 6.52. The lowest BCUT2D eigenvalue weighted by molar-refractivity contribution is 0.354. The molecule has 0 amide bonds. The van der Waals surface area contributed by atoms with E-state index in [4.69, 9.17) is 14.2 Å². The summed E-state index contributed by atoms with van der Waals surface area (Å²) in [4.78, 5) is 0. The van der Waals surface area contributed by atoms with E-state index in [2.05, 4.69) is 10.5 Å². The first kappa shape index (κ1) is 19.3. The number of benzene rings is 3. The molecule has 0 unspecified atom stereocenters. The van der Waals surface area contributed by atoms with E-state index in [-0.39, 0.29) is 0 Å². The molecule has 0 heterocycles. The molecule has 5 heteroatoms. The van der Waals surface area contributed by atoms with Crippen LogP contribution in [0, 0.1) is 0 Å². The van der Waals surface area contributed by atoms with Crippen molar-refractivity contribution in [3.8, 4) is 23.0 Å². The highest BCUT2D eigenvalue weighted by molar-refractivity contribution is 5.98. The first-order chi connectivity index (χ1) is 13.7. The molecule has 3 aromatic carbocycles. The van der Waals surface area contributed by atoms with Gasteiger partial charge < -0.3 is 19.6 Å². The summed E-state index contributed by atoms with van der Waals surface area (Å²) in [6.07, 6.45) is 0. The van der Waals surface area contributed by atoms with Crippen LogP contribution in [0.15, 0.2) is 77.9 Å². The topological polar surface area (TPSA) is 52.1 Å². The van der Waals surface area contributed by atoms with Crippen LogP contribution < -0.4 is 19.6 Å². The Labute approximate surface area is 165 Å². The molecule has 0 fully saturated rings. The third-order valence-corrected chi connectivity index (χ3v) is 4.23. The molecule has 3 aromatic rings. The number of hydrogen-bond donors (Lipinski definition) is 1. The van der Waals surface area contributed by atoms with Gasteiger partial charge in [0.2, 0.25) is 0 Å². The van der Waals surface area contributed by atoms with Crippen LogP contribution in [0.4, 0.5) is 0 Å². The van der Waals surface area contributed by atoms with Crippen LogP contribution in [0.2, 0.25) is 0 Å². The molecule has 0 aromatic heterocycles. The molecule has 0 radical (unpaired) electrons. The van der Waals surface area contributed by atoms with Crippen molar-refractivity contribution in [3.05, 3.63) is 83.9 Å². The summed E-state index contributed by atoms with van der Waals surface area (Å²) in [5.41, 5.74) is 6.08. The van der Waals surface area contributed by atoms with Crippen molar-refractivity contribution in [2.24, 2.45) is 5.10 Å². The number of nitrogens with one attached hydrogen (secondary N) is 1. The predicted octanol–water partition coefficient (Wildman–Crippen LogP) is 5.01. The first-order valence-electron chi connectivity index (χ1n) is 9.01. The van der Waals surface area contributed by atoms with E-state index in [1.165, 1.54) is 0 Å². The van der Waals surface area contributed by atoms with Gasteiger partial charge >= 0.3 is 0 Å². The summed E-state index contributed by atoms with van der Waals surface area (Å²) in [6.45, 7) is 2.56. The van der Waals surface area contributed by atoms with Gasteiger partial charge in [-0.3, -0.25) is 0 Å². The van der Waals surface area contributed by atoms with Crippen LogP contribution in [0.5, 0.6) is 23.0 Å². The molecular formula is C23H24N2O3. The maximum absolute atomic E-state index is 5.82. The maximum atomic E-state index is 5.82. The Hall–Kier alpha value is -3.47. The fraction of sp³-hybridized carbons (Fsp3) is 0.174. The summed E-state index contributed by atoms with van der Waals surface area (Å²) in [5.74, 6) is 3.03. The zero-order valence-corrected chi connectivity index (χ0v) is 16.3. The average Bonchev–Trinajstić information content (AvgIpc) is 2.74. The van der Waals surface area contributed by atoms with Crippen LogP contribution in [-0.4, -0.2) is 19.9 Å². The molecule has 0 aliphatic heterocycles. The van der Waals surface area contributed by atoms with E-state index in [1.54, 1.807) is 14.2 Å². The molecule has 144 valence electrons. The third-order valence-electron chi connectivity index (χ3n) is 4.23. The summed E-state index contributed by atoms with van der Waals surface area (Å²) in [5, 5.41) is 4.46. The molecule has 0 atom stereocenters. The quantitative estimate of drug-likeness (QED) is 0.443. The van der Waals surface area contributed by atoms with E-state index in [9.17, 15) is 0 Å². The second-order valence-corrected chi connectivity index (χ2v) is 6.16. The largest absolute Gasteiger partial charge is 0.493 e. The van der Waals surface area contributed by atoms with Gasteiger partial charge in [0.25, 0.3) is 0 Å². The minimum absolute atomic E-state index is 0.590. The van der Waals surface area contributed by atoms with Crippen LogP contribution in [-0.2, 0) is 6.54 Å². The molecule has 0 saturated heterocycles. The number of methoxy groups -OCH3 is 2. The van der Waals surface area contributed by atoms with Gasteiger partial charge in [-0.05, 0) is 66.6 Å². The number of ether oxygens (including phenoxy) is 3. The molecule has 0 aliphatic rings. The molecule has 0 saturated carbocycles. The number of para-hydroxylation sites is 1. The lowest BCUT2D eigenvalue weighted by atomic mass is 10.1. The summed E-state index contributed by atoms with van der Waals surface area (Å²) < 4.78 is 16.4. The fourth-order valence-corrected chi connectivity index (χ4v) is 2.69. The Morgan fingerprint density at radius 3 is 2.18 bits per heavy atom. The highest BCUT2D eigenvalue weighted by Crippen LogP contribution is 2.27. The van der Waals surface area contributed by atoms with E-state index in [1.807, 2.05) is 79.7 Å². The Morgan fingerprint density at radius 2 is 1.50 bits per heavy atom. The van der Waals surface area contributed by atoms with Crippen LogP contribution in [0.1, 0.15) is 18.1 Å². The minimum atomic E-state index is 0.590. The van der Waals surface area contributed by atoms with Crippen LogP contribution in [0.3, 0.4) is 0 Å². The summed E-state index contributed by atoms with van der Waals surface area (Å²) >= 11 is 0. The Balaban J connectivity index is 1.59. The lowest BCUT2D eigenvalue weighted by Gasteiger charge is -2.10. The van der Waals surface area contributed by atoms with E-state index >= 15 is 0 Å². The number of hydrazone groups is 1. The zero-order chi connectivity index (χ0) is 19.8. The second-order valence-electron chi connectivity index (χ2n) is 6.16. The number of hydrogen-bond acceptors (Lipinski definition) is 5. The Bertz CT molecular complexity index is 922. The Morgan fingerprint density at radius 1 is 0.821 bits per heavy atom. The number of nitrogens with zero attached hydrogens (tertiary/aromatic N) is 1. The van der Waals surface area contributed by atoms with E-state index in [0.29, 0.717) is 18.0 Å². The first-order valence-corrected chi connectivity index (χ1v) is 9.01. The lowest BCUT2D eigenvalue weighted by Crippen LogP contribution is -2.09. The highest BCUT2D eigenvalue weighted by Gasteiger charge is 2.04. The van der Waals surface area contributed by atoms with Gasteiger partial charge in [0.15, 0.2) is 11.5 Å². The van der Waals surface area contributed by atoms with Gasteiger partial charge in [-0.15, -0.1) is 0 Å². The van der Waals surface area contributed by atoms with Gasteiger partial charge in [0.1, 0.15) is 11.5 Å². The van der Waals surface area contributed by atoms with E-state index < -0.39 is 0 Å². The fourth-order valence-electron chi connectivity index (χ4n) is 2.69. The number of rotatable bonds is 8. The highest BCUT2D eigenvalue weighted by atomic mass is 16.5. The minimum Gasteiger partial charge on any atom is -0.493 e. The van der Waals surface area contributed by atoms with Gasteiger partial charge in [0.05, 0.1) is 26.5 Å². The van der Waals surface area contributed by atoms with Gasteiger partial charge in [-0.2, -0.15) is 5.10 Å². The van der Waals surface area contributed by atoms with Crippen molar-refractivity contribution in [1.82, 2.24) is 5.43 Å². The maximum Gasteiger partial charge on any atom is 0.161 e. The van der Waals surface area contributed by atoms with Crippen molar-refractivity contribution in [2.75, 3.05) is 14.2 Å². The van der Waals surface area contributed by atoms with Gasteiger partial charge in [0, 0.05) is 0 Å². The monoisotopic (exact) mass is 376 g/mol. The third kappa shape index (κ3) is 5.04. The second kappa shape index (κ2) is 9.46. The van der Waals surface area contributed by atoms with Gasteiger partial charge in [-0.1, -0.05) is 24.3 Å². The molecule has 28 heavy (non-hydrogen) atoms. The smallest absolute Gasteiger partial charge is 0.161 e. The molecule has 3 rings (SSSR count). The van der Waals surface area contributed by atoms with Gasteiger partial charge in [-0.25, -0.2) is 0 Å². The van der Waals surface area contributed by atoms with Crippen molar-refractivity contribution in [2.45, 2.75) is 13.5 Å². The van der Waals surface area contributed by atoms with Crippen LogP contribution >= 0.6 is 0 Å². The van der Waals surface area contributed by atoms with Crippen molar-refractivity contribution < 1.29 is 14.2 Å². The van der Waals surface area contributed by atoms with Crippen molar-refractivity contribution in [1.29, 1.82) is 0 Å². The van der Waals surface area contributed by atoms with Crippen molar-refractivity contribution >= 4 is 5.71 Å². The molecule has 0 bridgehead atoms. The molecule has 0 spiro atoms.